The SMILES string of the molecule is CC1CCC(C(=O)O)CN1C(=O)c1cc(-c2cccc(Cl)c2)on1. The van der Waals surface area contributed by atoms with E-state index in [-0.39, 0.29) is 24.2 Å². The molecule has 0 spiro atoms. The first-order valence-electron chi connectivity index (χ1n) is 7.72. The average Bonchev–Trinajstić information content (AvgIpc) is 3.04. The fraction of sp³-hybridized carbons (Fsp3) is 0.353. The Morgan fingerprint density at radius 1 is 1.33 bits per heavy atom. The van der Waals surface area contributed by atoms with Gasteiger partial charge in [-0.2, -0.15) is 0 Å². The minimum atomic E-state index is -0.875. The zero-order valence-corrected chi connectivity index (χ0v) is 13.9. The largest absolute Gasteiger partial charge is 0.481 e. The molecule has 0 radical (unpaired) electrons. The van der Waals surface area contributed by atoms with E-state index in [4.69, 9.17) is 16.1 Å². The maximum atomic E-state index is 12.7. The van der Waals surface area contributed by atoms with Crippen molar-refractivity contribution in [3.05, 3.63) is 41.0 Å². The number of carboxylic acids is 1. The van der Waals surface area contributed by atoms with Gasteiger partial charge in [0.05, 0.1) is 5.92 Å². The predicted molar refractivity (Wildman–Crippen MR) is 87.8 cm³/mol. The number of carbonyl (C=O) groups is 2. The summed E-state index contributed by atoms with van der Waals surface area (Å²) < 4.78 is 5.25. The second kappa shape index (κ2) is 6.65. The Kier molecular flexibility index (Phi) is 4.57. The molecule has 2 heterocycles. The van der Waals surface area contributed by atoms with Gasteiger partial charge < -0.3 is 14.5 Å². The first-order valence-corrected chi connectivity index (χ1v) is 8.10. The smallest absolute Gasteiger partial charge is 0.308 e. The highest BCUT2D eigenvalue weighted by Gasteiger charge is 2.34. The molecule has 6 nitrogen and oxygen atoms in total. The number of nitrogens with zero attached hydrogens (tertiary/aromatic N) is 2. The van der Waals surface area contributed by atoms with Crippen LogP contribution in [0.1, 0.15) is 30.3 Å². The molecule has 0 saturated carbocycles. The van der Waals surface area contributed by atoms with Gasteiger partial charge in [-0.1, -0.05) is 28.9 Å². The lowest BCUT2D eigenvalue weighted by molar-refractivity contribution is -0.143. The third-order valence-electron chi connectivity index (χ3n) is 4.33. The molecule has 1 saturated heterocycles. The fourth-order valence-electron chi connectivity index (χ4n) is 2.89. The first-order chi connectivity index (χ1) is 11.5. The number of benzene rings is 1. The maximum absolute atomic E-state index is 12.7. The molecule has 24 heavy (non-hydrogen) atoms. The molecule has 1 fully saturated rings. The number of carbonyl (C=O) groups excluding carboxylic acids is 1. The summed E-state index contributed by atoms with van der Waals surface area (Å²) in [7, 11) is 0. The van der Waals surface area contributed by atoms with E-state index in [2.05, 4.69) is 5.16 Å². The van der Waals surface area contributed by atoms with Crippen molar-refractivity contribution in [3.8, 4) is 11.3 Å². The first kappa shape index (κ1) is 16.5. The van der Waals surface area contributed by atoms with Crippen LogP contribution < -0.4 is 0 Å². The number of piperidine rings is 1. The van der Waals surface area contributed by atoms with Crippen LogP contribution in [0, 0.1) is 5.92 Å². The average molecular weight is 349 g/mol. The Balaban J connectivity index is 1.81. The number of aliphatic carboxylic acids is 1. The van der Waals surface area contributed by atoms with Crippen LogP contribution in [-0.4, -0.2) is 39.6 Å². The van der Waals surface area contributed by atoms with Gasteiger partial charge in [0.25, 0.3) is 5.91 Å². The Morgan fingerprint density at radius 2 is 2.12 bits per heavy atom. The van der Waals surface area contributed by atoms with Crippen LogP contribution in [0.4, 0.5) is 0 Å². The van der Waals surface area contributed by atoms with Gasteiger partial charge in [-0.25, -0.2) is 0 Å². The molecule has 1 aliphatic rings. The molecule has 2 atom stereocenters. The normalized spacial score (nSPS) is 20.8. The topological polar surface area (TPSA) is 83.6 Å². The minimum Gasteiger partial charge on any atom is -0.481 e. The predicted octanol–water partition coefficient (Wildman–Crippen LogP) is 3.32. The number of aromatic nitrogens is 1. The lowest BCUT2D eigenvalue weighted by Crippen LogP contribution is -2.47. The molecular weight excluding hydrogens is 332 g/mol. The molecule has 1 amide bonds. The van der Waals surface area contributed by atoms with Crippen LogP contribution in [0.25, 0.3) is 11.3 Å². The van der Waals surface area contributed by atoms with E-state index < -0.39 is 11.9 Å². The van der Waals surface area contributed by atoms with Gasteiger partial charge in [0, 0.05) is 29.2 Å². The second-order valence-electron chi connectivity index (χ2n) is 6.01. The summed E-state index contributed by atoms with van der Waals surface area (Å²) in [5.41, 5.74) is 0.895. The van der Waals surface area contributed by atoms with E-state index in [0.717, 1.165) is 5.56 Å². The molecule has 1 N–H and O–H groups in total. The van der Waals surface area contributed by atoms with Crippen LogP contribution in [0.3, 0.4) is 0 Å². The van der Waals surface area contributed by atoms with Gasteiger partial charge in [0.15, 0.2) is 11.5 Å². The second-order valence-corrected chi connectivity index (χ2v) is 6.44. The van der Waals surface area contributed by atoms with E-state index in [9.17, 15) is 14.7 Å². The standard InChI is InChI=1S/C17H17ClN2O4/c1-10-5-6-12(17(22)23)9-20(10)16(21)14-8-15(24-19-14)11-3-2-4-13(18)7-11/h2-4,7-8,10,12H,5-6,9H2,1H3,(H,22,23). The van der Waals surface area contributed by atoms with Gasteiger partial charge in [-0.3, -0.25) is 9.59 Å². The summed E-state index contributed by atoms with van der Waals surface area (Å²) in [4.78, 5) is 25.4. The molecule has 7 heteroatoms. The lowest BCUT2D eigenvalue weighted by Gasteiger charge is -2.35. The fourth-order valence-corrected chi connectivity index (χ4v) is 3.08. The number of rotatable bonds is 3. The van der Waals surface area contributed by atoms with E-state index in [0.29, 0.717) is 23.6 Å². The van der Waals surface area contributed by atoms with Crippen LogP contribution >= 0.6 is 11.6 Å². The van der Waals surface area contributed by atoms with Crippen LogP contribution in [-0.2, 0) is 4.79 Å². The third kappa shape index (κ3) is 3.28. The molecule has 126 valence electrons. The maximum Gasteiger partial charge on any atom is 0.308 e. The Morgan fingerprint density at radius 3 is 2.83 bits per heavy atom. The van der Waals surface area contributed by atoms with Crippen molar-refractivity contribution in [2.75, 3.05) is 6.54 Å². The molecule has 1 aromatic heterocycles. The number of halogens is 1. The summed E-state index contributed by atoms with van der Waals surface area (Å²) in [5, 5.41) is 13.6. The summed E-state index contributed by atoms with van der Waals surface area (Å²) in [6.07, 6.45) is 1.23. The summed E-state index contributed by atoms with van der Waals surface area (Å²) >= 11 is 5.96. The van der Waals surface area contributed by atoms with Crippen LogP contribution in [0.5, 0.6) is 0 Å². The van der Waals surface area contributed by atoms with Gasteiger partial charge in [0.2, 0.25) is 0 Å². The third-order valence-corrected chi connectivity index (χ3v) is 4.57. The summed E-state index contributed by atoms with van der Waals surface area (Å²) in [5.74, 6) is -1.28. The number of amides is 1. The monoisotopic (exact) mass is 348 g/mol. The Bertz CT molecular complexity index is 773. The molecule has 2 aromatic rings. The van der Waals surface area contributed by atoms with Crippen molar-refractivity contribution in [3.63, 3.8) is 0 Å². The van der Waals surface area contributed by atoms with Crippen molar-refractivity contribution in [2.24, 2.45) is 5.92 Å². The molecule has 0 bridgehead atoms. The minimum absolute atomic E-state index is 0.0283. The quantitative estimate of drug-likeness (QED) is 0.919. The molecule has 0 aliphatic carbocycles. The van der Waals surface area contributed by atoms with Crippen molar-refractivity contribution < 1.29 is 19.2 Å². The number of carboxylic acid groups (broad SMARTS) is 1. The highest BCUT2D eigenvalue weighted by Crippen LogP contribution is 2.27. The van der Waals surface area contributed by atoms with Crippen molar-refractivity contribution in [2.45, 2.75) is 25.8 Å². The van der Waals surface area contributed by atoms with Gasteiger partial charge in [-0.05, 0) is 31.9 Å². The summed E-state index contributed by atoms with van der Waals surface area (Å²) in [6.45, 7) is 2.10. The van der Waals surface area contributed by atoms with E-state index in [1.54, 1.807) is 29.2 Å². The van der Waals surface area contributed by atoms with E-state index in [1.165, 1.54) is 0 Å². The van der Waals surface area contributed by atoms with E-state index >= 15 is 0 Å². The number of hydrogen-bond donors (Lipinski definition) is 1. The van der Waals surface area contributed by atoms with Gasteiger partial charge in [-0.15, -0.1) is 0 Å². The lowest BCUT2D eigenvalue weighted by atomic mass is 9.93. The van der Waals surface area contributed by atoms with Gasteiger partial charge >= 0.3 is 5.97 Å². The number of hydrogen-bond acceptors (Lipinski definition) is 4. The Hall–Kier alpha value is -2.34. The Labute approximate surface area is 144 Å². The summed E-state index contributed by atoms with van der Waals surface area (Å²) in [6, 6.07) is 8.59. The van der Waals surface area contributed by atoms with Crippen LogP contribution in [0.15, 0.2) is 34.9 Å². The molecule has 1 aliphatic heterocycles. The highest BCUT2D eigenvalue weighted by molar-refractivity contribution is 6.30. The van der Waals surface area contributed by atoms with Crippen molar-refractivity contribution in [1.29, 1.82) is 0 Å². The van der Waals surface area contributed by atoms with Crippen molar-refractivity contribution in [1.82, 2.24) is 10.1 Å². The van der Waals surface area contributed by atoms with Gasteiger partial charge in [0.1, 0.15) is 0 Å². The number of likely N-dealkylation sites (tertiary alicyclic amines) is 1. The van der Waals surface area contributed by atoms with Crippen molar-refractivity contribution >= 4 is 23.5 Å². The highest BCUT2D eigenvalue weighted by atomic mass is 35.5. The zero-order valence-electron chi connectivity index (χ0n) is 13.1. The molecule has 3 rings (SSSR count). The molecular formula is C17H17ClN2O4. The molecule has 2 unspecified atom stereocenters. The van der Waals surface area contributed by atoms with Crippen LogP contribution in [0.2, 0.25) is 5.02 Å². The zero-order chi connectivity index (χ0) is 17.3. The molecule has 1 aromatic carbocycles. The van der Waals surface area contributed by atoms with E-state index in [1.807, 2.05) is 13.0 Å².